The van der Waals surface area contributed by atoms with Gasteiger partial charge in [-0.15, -0.1) is 0 Å². The van der Waals surface area contributed by atoms with E-state index in [9.17, 15) is 4.79 Å². The predicted octanol–water partition coefficient (Wildman–Crippen LogP) is -0.103. The summed E-state index contributed by atoms with van der Waals surface area (Å²) in [6, 6.07) is 2.10. The number of likely N-dealkylation sites (N-methyl/N-ethyl adjacent to an activating group) is 2. The zero-order valence-corrected chi connectivity index (χ0v) is 9.65. The molecule has 1 unspecified atom stereocenters. The van der Waals surface area contributed by atoms with E-state index in [-0.39, 0.29) is 11.9 Å². The molecule has 1 aromatic heterocycles. The molecule has 0 aliphatic heterocycles. The fourth-order valence-corrected chi connectivity index (χ4v) is 1.98. The standard InChI is InChI=1S/C10H16N2OS/c1-8(10(13)11-2)12(3)6-9-4-5-14-7-9/h4-5,7-8H,6H2,1-3H3,(H,11,13)/p+1/t8-/m1/s1. The van der Waals surface area contributed by atoms with Crippen molar-refractivity contribution in [2.75, 3.05) is 14.1 Å². The highest BCUT2D eigenvalue weighted by Crippen LogP contribution is 2.03. The van der Waals surface area contributed by atoms with Crippen molar-refractivity contribution in [1.29, 1.82) is 0 Å². The van der Waals surface area contributed by atoms with Gasteiger partial charge in [0, 0.05) is 12.6 Å². The Balaban J connectivity index is 2.49. The van der Waals surface area contributed by atoms with E-state index in [1.807, 2.05) is 14.0 Å². The molecular formula is C10H17N2OS+. The minimum absolute atomic E-state index is 0.0000926. The molecule has 14 heavy (non-hydrogen) atoms. The molecule has 0 aliphatic rings. The van der Waals surface area contributed by atoms with Crippen LogP contribution in [0.5, 0.6) is 0 Å². The first-order chi connectivity index (χ1) is 6.65. The monoisotopic (exact) mass is 213 g/mol. The lowest BCUT2D eigenvalue weighted by molar-refractivity contribution is -0.908. The number of carbonyl (C=O) groups excluding carboxylic acids is 1. The van der Waals surface area contributed by atoms with Gasteiger partial charge in [0.15, 0.2) is 6.04 Å². The Hall–Kier alpha value is -0.870. The van der Waals surface area contributed by atoms with Crippen LogP contribution in [0.3, 0.4) is 0 Å². The Morgan fingerprint density at radius 3 is 2.93 bits per heavy atom. The molecule has 2 N–H and O–H groups in total. The van der Waals surface area contributed by atoms with Gasteiger partial charge in [-0.3, -0.25) is 4.79 Å². The quantitative estimate of drug-likeness (QED) is 0.719. The second-order valence-electron chi connectivity index (χ2n) is 3.49. The molecule has 1 amide bonds. The number of quaternary nitrogens is 1. The zero-order valence-electron chi connectivity index (χ0n) is 8.83. The largest absolute Gasteiger partial charge is 0.354 e. The van der Waals surface area contributed by atoms with Gasteiger partial charge in [-0.05, 0) is 23.8 Å². The molecule has 0 saturated carbocycles. The van der Waals surface area contributed by atoms with Gasteiger partial charge in [0.1, 0.15) is 6.54 Å². The van der Waals surface area contributed by atoms with Crippen LogP contribution in [-0.4, -0.2) is 26.0 Å². The highest BCUT2D eigenvalue weighted by Gasteiger charge is 2.20. The number of rotatable bonds is 4. The summed E-state index contributed by atoms with van der Waals surface area (Å²) in [5.41, 5.74) is 1.29. The van der Waals surface area contributed by atoms with Crippen molar-refractivity contribution in [3.8, 4) is 0 Å². The highest BCUT2D eigenvalue weighted by atomic mass is 32.1. The van der Waals surface area contributed by atoms with Gasteiger partial charge in [-0.25, -0.2) is 0 Å². The molecule has 78 valence electrons. The summed E-state index contributed by atoms with van der Waals surface area (Å²) in [6.45, 7) is 2.85. The zero-order chi connectivity index (χ0) is 10.6. The van der Waals surface area contributed by atoms with Crippen molar-refractivity contribution < 1.29 is 9.69 Å². The summed E-state index contributed by atoms with van der Waals surface area (Å²) in [7, 11) is 3.72. The molecule has 1 heterocycles. The molecule has 2 atom stereocenters. The van der Waals surface area contributed by atoms with Crippen LogP contribution in [0, 0.1) is 0 Å². The topological polar surface area (TPSA) is 33.5 Å². The van der Waals surface area contributed by atoms with Crippen molar-refractivity contribution in [3.63, 3.8) is 0 Å². The fraction of sp³-hybridized carbons (Fsp3) is 0.500. The Labute approximate surface area is 88.7 Å². The molecule has 0 bridgehead atoms. The van der Waals surface area contributed by atoms with Gasteiger partial charge in [-0.1, -0.05) is 0 Å². The van der Waals surface area contributed by atoms with E-state index >= 15 is 0 Å². The van der Waals surface area contributed by atoms with Gasteiger partial charge < -0.3 is 10.2 Å². The number of hydrogen-bond acceptors (Lipinski definition) is 2. The SMILES string of the molecule is CNC(=O)[C@@H](C)[NH+](C)Cc1ccsc1. The summed E-state index contributed by atoms with van der Waals surface area (Å²) < 4.78 is 0. The van der Waals surface area contributed by atoms with E-state index < -0.39 is 0 Å². The van der Waals surface area contributed by atoms with E-state index in [2.05, 4.69) is 22.1 Å². The van der Waals surface area contributed by atoms with Gasteiger partial charge in [0.25, 0.3) is 5.91 Å². The third kappa shape index (κ3) is 2.82. The first-order valence-electron chi connectivity index (χ1n) is 4.70. The molecule has 0 radical (unpaired) electrons. The van der Waals surface area contributed by atoms with Crippen molar-refractivity contribution in [2.24, 2.45) is 0 Å². The summed E-state index contributed by atoms with van der Waals surface area (Å²) in [5.74, 6) is 0.0951. The number of amides is 1. The Kier molecular flexibility index (Phi) is 4.10. The Bertz CT molecular complexity index is 284. The molecule has 0 saturated heterocycles. The normalized spacial score (nSPS) is 14.8. The molecule has 0 aliphatic carbocycles. The first-order valence-corrected chi connectivity index (χ1v) is 5.64. The van der Waals surface area contributed by atoms with Crippen molar-refractivity contribution in [3.05, 3.63) is 22.4 Å². The van der Waals surface area contributed by atoms with E-state index in [1.54, 1.807) is 18.4 Å². The van der Waals surface area contributed by atoms with Crippen LogP contribution in [0.2, 0.25) is 0 Å². The van der Waals surface area contributed by atoms with Crippen LogP contribution in [0.15, 0.2) is 16.8 Å². The van der Waals surface area contributed by atoms with Crippen LogP contribution in [0.25, 0.3) is 0 Å². The average Bonchev–Trinajstić information content (AvgIpc) is 2.68. The summed E-state index contributed by atoms with van der Waals surface area (Å²) in [6.07, 6.45) is 0. The van der Waals surface area contributed by atoms with Crippen LogP contribution >= 0.6 is 11.3 Å². The van der Waals surface area contributed by atoms with Crippen molar-refractivity contribution >= 4 is 17.2 Å². The van der Waals surface area contributed by atoms with Crippen LogP contribution < -0.4 is 10.2 Å². The summed E-state index contributed by atoms with van der Waals surface area (Å²) in [5, 5.41) is 6.86. The summed E-state index contributed by atoms with van der Waals surface area (Å²) in [4.78, 5) is 12.6. The van der Waals surface area contributed by atoms with E-state index in [4.69, 9.17) is 0 Å². The Morgan fingerprint density at radius 1 is 1.71 bits per heavy atom. The van der Waals surface area contributed by atoms with Gasteiger partial charge in [-0.2, -0.15) is 11.3 Å². The second-order valence-corrected chi connectivity index (χ2v) is 4.27. The molecule has 0 aromatic carbocycles. The van der Waals surface area contributed by atoms with Crippen LogP contribution in [-0.2, 0) is 11.3 Å². The molecule has 4 heteroatoms. The molecule has 3 nitrogen and oxygen atoms in total. The molecule has 0 spiro atoms. The predicted molar refractivity (Wildman–Crippen MR) is 58.4 cm³/mol. The molecule has 1 aromatic rings. The number of carbonyl (C=O) groups is 1. The van der Waals surface area contributed by atoms with Crippen molar-refractivity contribution in [2.45, 2.75) is 19.5 Å². The highest BCUT2D eigenvalue weighted by molar-refractivity contribution is 7.07. The minimum Gasteiger partial charge on any atom is -0.354 e. The van der Waals surface area contributed by atoms with E-state index in [0.717, 1.165) is 6.54 Å². The molecule has 1 rings (SSSR count). The number of thiophene rings is 1. The van der Waals surface area contributed by atoms with Gasteiger partial charge in [0.2, 0.25) is 0 Å². The van der Waals surface area contributed by atoms with Gasteiger partial charge >= 0.3 is 0 Å². The lowest BCUT2D eigenvalue weighted by Crippen LogP contribution is -3.12. The lowest BCUT2D eigenvalue weighted by atomic mass is 10.2. The van der Waals surface area contributed by atoms with E-state index in [0.29, 0.717) is 0 Å². The fourth-order valence-electron chi connectivity index (χ4n) is 1.31. The third-order valence-corrected chi connectivity index (χ3v) is 3.17. The maximum absolute atomic E-state index is 11.4. The Morgan fingerprint density at radius 2 is 2.43 bits per heavy atom. The number of nitrogens with one attached hydrogen (secondary N) is 2. The average molecular weight is 213 g/mol. The molecule has 0 fully saturated rings. The lowest BCUT2D eigenvalue weighted by Gasteiger charge is -2.19. The van der Waals surface area contributed by atoms with Gasteiger partial charge in [0.05, 0.1) is 7.05 Å². The maximum Gasteiger partial charge on any atom is 0.277 e. The van der Waals surface area contributed by atoms with Crippen molar-refractivity contribution in [1.82, 2.24) is 5.32 Å². The summed E-state index contributed by atoms with van der Waals surface area (Å²) >= 11 is 1.69. The van der Waals surface area contributed by atoms with Crippen LogP contribution in [0.1, 0.15) is 12.5 Å². The minimum atomic E-state index is -0.0000926. The smallest absolute Gasteiger partial charge is 0.277 e. The third-order valence-electron chi connectivity index (χ3n) is 2.44. The van der Waals surface area contributed by atoms with Crippen LogP contribution in [0.4, 0.5) is 0 Å². The maximum atomic E-state index is 11.4. The van der Waals surface area contributed by atoms with E-state index in [1.165, 1.54) is 10.5 Å². The molecular weight excluding hydrogens is 196 g/mol. The first kappa shape index (κ1) is 11.2. The number of hydrogen-bond donors (Lipinski definition) is 2. The second kappa shape index (κ2) is 5.12.